The molecule has 0 saturated carbocycles. The van der Waals surface area contributed by atoms with E-state index in [4.69, 9.17) is 16.3 Å². The summed E-state index contributed by atoms with van der Waals surface area (Å²) in [6.45, 7) is 3.66. The number of likely N-dealkylation sites (tertiary alicyclic amines) is 1. The number of amides is 2. The molecule has 0 spiro atoms. The molecule has 0 unspecified atom stereocenters. The Morgan fingerprint density at radius 1 is 1.17 bits per heavy atom. The van der Waals surface area contributed by atoms with Gasteiger partial charge in [-0.25, -0.2) is 0 Å². The van der Waals surface area contributed by atoms with E-state index in [1.54, 1.807) is 6.07 Å². The molecule has 3 rings (SSSR count). The van der Waals surface area contributed by atoms with Crippen molar-refractivity contribution in [1.29, 1.82) is 0 Å². The maximum atomic E-state index is 12.3. The zero-order valence-corrected chi connectivity index (χ0v) is 19.1. The SMILES string of the molecule is Cc1cc(Br)cc(Cl)c1OCC(=O)NC1CCN(CC(=O)Nc2ccccc2)CC1. The first-order valence-electron chi connectivity index (χ1n) is 9.86. The molecule has 2 amide bonds. The number of aryl methyl sites for hydroxylation is 1. The number of hydrogen-bond acceptors (Lipinski definition) is 4. The molecule has 2 N–H and O–H groups in total. The number of benzene rings is 2. The van der Waals surface area contributed by atoms with Crippen molar-refractivity contribution < 1.29 is 14.3 Å². The minimum atomic E-state index is -0.173. The van der Waals surface area contributed by atoms with E-state index in [1.807, 2.05) is 43.3 Å². The molecule has 8 heteroatoms. The number of nitrogens with one attached hydrogen (secondary N) is 2. The molecular formula is C22H25BrClN3O3. The average molecular weight is 495 g/mol. The summed E-state index contributed by atoms with van der Waals surface area (Å²) in [6, 6.07) is 13.1. The zero-order valence-electron chi connectivity index (χ0n) is 16.8. The maximum absolute atomic E-state index is 12.3. The van der Waals surface area contributed by atoms with Gasteiger partial charge in [0.15, 0.2) is 6.61 Å². The van der Waals surface area contributed by atoms with E-state index in [-0.39, 0.29) is 24.5 Å². The molecule has 1 saturated heterocycles. The standard InChI is InChI=1S/C22H25BrClN3O3/c1-15-11-16(23)12-19(24)22(15)30-14-21(29)26-18-7-9-27(10-8-18)13-20(28)25-17-5-3-2-4-6-17/h2-6,11-12,18H,7-10,13-14H2,1H3,(H,25,28)(H,26,29). The maximum Gasteiger partial charge on any atom is 0.258 e. The highest BCUT2D eigenvalue weighted by Crippen LogP contribution is 2.31. The predicted octanol–water partition coefficient (Wildman–Crippen LogP) is 4.01. The number of anilines is 1. The fourth-order valence-electron chi connectivity index (χ4n) is 3.44. The van der Waals surface area contributed by atoms with Gasteiger partial charge in [-0.2, -0.15) is 0 Å². The van der Waals surface area contributed by atoms with Crippen molar-refractivity contribution in [3.8, 4) is 5.75 Å². The van der Waals surface area contributed by atoms with Crippen molar-refractivity contribution in [3.05, 3.63) is 57.5 Å². The summed E-state index contributed by atoms with van der Waals surface area (Å²) in [5.74, 6) is 0.321. The predicted molar refractivity (Wildman–Crippen MR) is 122 cm³/mol. The third kappa shape index (κ3) is 6.72. The Morgan fingerprint density at radius 2 is 1.87 bits per heavy atom. The first-order valence-corrected chi connectivity index (χ1v) is 11.0. The molecule has 0 bridgehead atoms. The van der Waals surface area contributed by atoms with Gasteiger partial charge in [0.1, 0.15) is 5.75 Å². The van der Waals surface area contributed by atoms with E-state index in [2.05, 4.69) is 31.5 Å². The van der Waals surface area contributed by atoms with E-state index < -0.39 is 0 Å². The lowest BCUT2D eigenvalue weighted by molar-refractivity contribution is -0.124. The largest absolute Gasteiger partial charge is 0.482 e. The highest BCUT2D eigenvalue weighted by Gasteiger charge is 2.22. The molecule has 0 atom stereocenters. The van der Waals surface area contributed by atoms with Crippen molar-refractivity contribution in [2.75, 3.05) is 31.6 Å². The van der Waals surface area contributed by atoms with Crippen molar-refractivity contribution in [2.24, 2.45) is 0 Å². The first kappa shape index (κ1) is 22.6. The lowest BCUT2D eigenvalue weighted by Gasteiger charge is -2.31. The number of nitrogens with zero attached hydrogens (tertiary/aromatic N) is 1. The number of para-hydroxylation sites is 1. The number of ether oxygens (including phenoxy) is 1. The first-order chi connectivity index (χ1) is 14.4. The topological polar surface area (TPSA) is 70.7 Å². The molecule has 160 valence electrons. The van der Waals surface area contributed by atoms with Crippen LogP contribution >= 0.6 is 27.5 Å². The molecule has 2 aromatic rings. The minimum Gasteiger partial charge on any atom is -0.482 e. The van der Waals surface area contributed by atoms with Gasteiger partial charge in [0, 0.05) is 29.3 Å². The number of carbonyl (C=O) groups excluding carboxylic acids is 2. The Hall–Kier alpha value is -2.09. The number of piperidine rings is 1. The van der Waals surface area contributed by atoms with Gasteiger partial charge in [0.2, 0.25) is 5.91 Å². The van der Waals surface area contributed by atoms with Crippen LogP contribution < -0.4 is 15.4 Å². The van der Waals surface area contributed by atoms with Crippen LogP contribution in [-0.4, -0.2) is 49.0 Å². The van der Waals surface area contributed by atoms with Gasteiger partial charge in [0.25, 0.3) is 5.91 Å². The van der Waals surface area contributed by atoms with Gasteiger partial charge in [-0.15, -0.1) is 0 Å². The molecule has 6 nitrogen and oxygen atoms in total. The Balaban J connectivity index is 1.38. The van der Waals surface area contributed by atoms with Gasteiger partial charge >= 0.3 is 0 Å². The summed E-state index contributed by atoms with van der Waals surface area (Å²) in [5, 5.41) is 6.38. The van der Waals surface area contributed by atoms with Gasteiger partial charge in [0.05, 0.1) is 11.6 Å². The van der Waals surface area contributed by atoms with E-state index >= 15 is 0 Å². The molecule has 0 radical (unpaired) electrons. The van der Waals surface area contributed by atoms with E-state index in [0.29, 0.717) is 17.3 Å². The van der Waals surface area contributed by atoms with Crippen LogP contribution in [0.3, 0.4) is 0 Å². The van der Waals surface area contributed by atoms with Crippen LogP contribution in [0.5, 0.6) is 5.75 Å². The van der Waals surface area contributed by atoms with Gasteiger partial charge < -0.3 is 15.4 Å². The summed E-state index contributed by atoms with van der Waals surface area (Å²) in [6.07, 6.45) is 1.59. The van der Waals surface area contributed by atoms with E-state index in [1.165, 1.54) is 0 Å². The van der Waals surface area contributed by atoms with Crippen LogP contribution in [0, 0.1) is 6.92 Å². The van der Waals surface area contributed by atoms with Crippen LogP contribution in [0.2, 0.25) is 5.02 Å². The summed E-state index contributed by atoms with van der Waals surface area (Å²) in [4.78, 5) is 26.6. The molecule has 2 aromatic carbocycles. The van der Waals surface area contributed by atoms with Crippen LogP contribution in [0.4, 0.5) is 5.69 Å². The number of rotatable bonds is 7. The molecule has 1 aliphatic heterocycles. The number of halogens is 2. The zero-order chi connectivity index (χ0) is 21.5. The molecule has 30 heavy (non-hydrogen) atoms. The van der Waals surface area contributed by atoms with E-state index in [9.17, 15) is 9.59 Å². The fourth-order valence-corrected chi connectivity index (χ4v) is 4.46. The van der Waals surface area contributed by atoms with Gasteiger partial charge in [-0.1, -0.05) is 45.7 Å². The number of carbonyl (C=O) groups is 2. The van der Waals surface area contributed by atoms with Gasteiger partial charge in [-0.05, 0) is 49.6 Å². The monoisotopic (exact) mass is 493 g/mol. The lowest BCUT2D eigenvalue weighted by Crippen LogP contribution is -2.47. The van der Waals surface area contributed by atoms with Crippen molar-refractivity contribution in [1.82, 2.24) is 10.2 Å². The van der Waals surface area contributed by atoms with Crippen molar-refractivity contribution in [2.45, 2.75) is 25.8 Å². The van der Waals surface area contributed by atoms with E-state index in [0.717, 1.165) is 41.7 Å². The molecular weight excluding hydrogens is 470 g/mol. The molecule has 1 aliphatic rings. The quantitative estimate of drug-likeness (QED) is 0.610. The fraction of sp³-hybridized carbons (Fsp3) is 0.364. The molecule has 1 fully saturated rings. The summed E-state index contributed by atoms with van der Waals surface area (Å²) >= 11 is 9.57. The average Bonchev–Trinajstić information content (AvgIpc) is 2.69. The summed E-state index contributed by atoms with van der Waals surface area (Å²) in [5.41, 5.74) is 1.66. The van der Waals surface area contributed by atoms with Crippen LogP contribution in [-0.2, 0) is 9.59 Å². The Morgan fingerprint density at radius 3 is 2.53 bits per heavy atom. The smallest absolute Gasteiger partial charge is 0.258 e. The van der Waals surface area contributed by atoms with Crippen molar-refractivity contribution in [3.63, 3.8) is 0 Å². The normalized spacial score (nSPS) is 14.9. The highest BCUT2D eigenvalue weighted by molar-refractivity contribution is 9.10. The molecule has 0 aliphatic carbocycles. The van der Waals surface area contributed by atoms with Crippen molar-refractivity contribution >= 4 is 45.0 Å². The second kappa shape index (κ2) is 10.8. The Labute approximate surface area is 190 Å². The summed E-state index contributed by atoms with van der Waals surface area (Å²) < 4.78 is 6.49. The Bertz CT molecular complexity index is 863. The van der Waals surface area contributed by atoms with Crippen LogP contribution in [0.25, 0.3) is 0 Å². The summed E-state index contributed by atoms with van der Waals surface area (Å²) in [7, 11) is 0. The molecule has 1 heterocycles. The second-order valence-electron chi connectivity index (χ2n) is 7.35. The Kier molecular flexibility index (Phi) is 8.13. The lowest BCUT2D eigenvalue weighted by atomic mass is 10.1. The van der Waals surface area contributed by atoms with Crippen LogP contribution in [0.1, 0.15) is 18.4 Å². The minimum absolute atomic E-state index is 0.0289. The van der Waals surface area contributed by atoms with Crippen LogP contribution in [0.15, 0.2) is 46.9 Å². The number of hydrogen-bond donors (Lipinski definition) is 2. The molecule has 0 aromatic heterocycles. The third-order valence-electron chi connectivity index (χ3n) is 4.92. The highest BCUT2D eigenvalue weighted by atomic mass is 79.9. The third-order valence-corrected chi connectivity index (χ3v) is 5.66. The second-order valence-corrected chi connectivity index (χ2v) is 8.68. The van der Waals surface area contributed by atoms with Gasteiger partial charge in [-0.3, -0.25) is 14.5 Å².